The minimum Gasteiger partial charge on any atom is -0.496 e. The van der Waals surface area contributed by atoms with E-state index in [0.29, 0.717) is 30.6 Å². The zero-order chi connectivity index (χ0) is 24.9. The number of anilines is 1. The number of carboxylic acid groups (broad SMARTS) is 1. The standard InChI is InChI=1S/C28H26N2O5/c1-17-19(18-9-5-4-6-10-18)11-7-12-23(17)30-25(31)20-15-22(24(35-3)16-21(20)26(30)32)28(27(33)34)13-8-14-29(28)2/h4-7,9-12,15-16H,8,13-14H2,1-3H3,(H,33,34)/t28-/m1/s1. The van der Waals surface area contributed by atoms with Crippen LogP contribution in [0.15, 0.2) is 60.7 Å². The van der Waals surface area contributed by atoms with Gasteiger partial charge in [-0.25, -0.2) is 9.69 Å². The van der Waals surface area contributed by atoms with Crippen LogP contribution in [0.2, 0.25) is 0 Å². The summed E-state index contributed by atoms with van der Waals surface area (Å²) in [6, 6.07) is 18.4. The van der Waals surface area contributed by atoms with Crippen molar-refractivity contribution in [3.63, 3.8) is 0 Å². The van der Waals surface area contributed by atoms with Gasteiger partial charge in [0.15, 0.2) is 0 Å². The molecular weight excluding hydrogens is 444 g/mol. The van der Waals surface area contributed by atoms with Crippen molar-refractivity contribution in [2.24, 2.45) is 0 Å². The molecule has 7 nitrogen and oxygen atoms in total. The van der Waals surface area contributed by atoms with Crippen LogP contribution < -0.4 is 9.64 Å². The van der Waals surface area contributed by atoms with Crippen LogP contribution in [0, 0.1) is 6.92 Å². The monoisotopic (exact) mass is 470 g/mol. The molecule has 0 aliphatic carbocycles. The molecule has 3 aromatic rings. The number of hydrogen-bond acceptors (Lipinski definition) is 5. The van der Waals surface area contributed by atoms with Crippen molar-refractivity contribution in [3.05, 3.63) is 82.9 Å². The molecule has 0 unspecified atom stereocenters. The van der Waals surface area contributed by atoms with Gasteiger partial charge in [-0.15, -0.1) is 0 Å². The summed E-state index contributed by atoms with van der Waals surface area (Å²) in [5, 5.41) is 10.2. The minimum atomic E-state index is -1.32. The van der Waals surface area contributed by atoms with Gasteiger partial charge in [-0.3, -0.25) is 14.5 Å². The van der Waals surface area contributed by atoms with Gasteiger partial charge in [-0.05, 0) is 68.2 Å². The van der Waals surface area contributed by atoms with Crippen LogP contribution in [0.5, 0.6) is 5.75 Å². The molecule has 2 heterocycles. The first-order chi connectivity index (χ1) is 16.8. The third kappa shape index (κ3) is 3.26. The molecule has 0 spiro atoms. The summed E-state index contributed by atoms with van der Waals surface area (Å²) in [5.41, 5.74) is 2.69. The summed E-state index contributed by atoms with van der Waals surface area (Å²) in [6.07, 6.45) is 1.09. The number of likely N-dealkylation sites (N-methyl/N-ethyl adjacent to an activating group) is 1. The van der Waals surface area contributed by atoms with E-state index in [0.717, 1.165) is 16.7 Å². The molecule has 178 valence electrons. The summed E-state index contributed by atoms with van der Waals surface area (Å²) >= 11 is 0. The number of amides is 2. The Morgan fingerprint density at radius 1 is 0.971 bits per heavy atom. The van der Waals surface area contributed by atoms with Crippen molar-refractivity contribution in [2.75, 3.05) is 25.6 Å². The first kappa shape index (κ1) is 22.8. The van der Waals surface area contributed by atoms with Crippen LogP contribution in [-0.2, 0) is 10.3 Å². The Labute approximate surface area is 203 Å². The molecule has 7 heteroatoms. The van der Waals surface area contributed by atoms with Crippen LogP contribution in [0.3, 0.4) is 0 Å². The number of aliphatic carboxylic acids is 1. The van der Waals surface area contributed by atoms with Crippen LogP contribution in [0.25, 0.3) is 11.1 Å². The average Bonchev–Trinajstić information content (AvgIpc) is 3.36. The molecule has 2 aliphatic heterocycles. The maximum absolute atomic E-state index is 13.6. The second-order valence-electron chi connectivity index (χ2n) is 9.05. The van der Waals surface area contributed by atoms with Crippen LogP contribution in [0.4, 0.5) is 5.69 Å². The number of carbonyl (C=O) groups is 3. The largest absolute Gasteiger partial charge is 0.496 e. The molecule has 1 atom stereocenters. The maximum atomic E-state index is 13.6. The number of likely N-dealkylation sites (tertiary alicyclic amines) is 1. The molecule has 0 saturated carbocycles. The molecule has 1 saturated heterocycles. The minimum absolute atomic E-state index is 0.191. The fourth-order valence-electron chi connectivity index (χ4n) is 5.45. The molecule has 0 aromatic heterocycles. The smallest absolute Gasteiger partial charge is 0.328 e. The molecule has 35 heavy (non-hydrogen) atoms. The van der Waals surface area contributed by atoms with Gasteiger partial charge in [0.1, 0.15) is 11.3 Å². The molecule has 1 N–H and O–H groups in total. The highest BCUT2D eigenvalue weighted by atomic mass is 16.5. The summed E-state index contributed by atoms with van der Waals surface area (Å²) in [6.45, 7) is 2.50. The number of rotatable bonds is 5. The van der Waals surface area contributed by atoms with Crippen LogP contribution >= 0.6 is 0 Å². The quantitative estimate of drug-likeness (QED) is 0.554. The van der Waals surface area contributed by atoms with Crippen molar-refractivity contribution in [1.29, 1.82) is 0 Å². The summed E-state index contributed by atoms with van der Waals surface area (Å²) in [7, 11) is 3.20. The number of hydrogen-bond donors (Lipinski definition) is 1. The van der Waals surface area contributed by atoms with E-state index in [-0.39, 0.29) is 16.9 Å². The molecule has 0 bridgehead atoms. The predicted molar refractivity (Wildman–Crippen MR) is 132 cm³/mol. The lowest BCUT2D eigenvalue weighted by molar-refractivity contribution is -0.149. The van der Waals surface area contributed by atoms with Crippen molar-refractivity contribution in [1.82, 2.24) is 4.90 Å². The van der Waals surface area contributed by atoms with E-state index in [1.807, 2.05) is 49.4 Å². The molecule has 2 amide bonds. The van der Waals surface area contributed by atoms with E-state index in [9.17, 15) is 19.5 Å². The summed E-state index contributed by atoms with van der Waals surface area (Å²) in [5.74, 6) is -1.64. The Balaban J connectivity index is 1.64. The van der Waals surface area contributed by atoms with E-state index < -0.39 is 23.3 Å². The molecule has 2 aliphatic rings. The predicted octanol–water partition coefficient (Wildman–Crippen LogP) is 4.48. The topological polar surface area (TPSA) is 87.2 Å². The number of carbonyl (C=O) groups excluding carboxylic acids is 2. The van der Waals surface area contributed by atoms with Gasteiger partial charge in [-0.2, -0.15) is 0 Å². The van der Waals surface area contributed by atoms with E-state index in [2.05, 4.69) is 0 Å². The lowest BCUT2D eigenvalue weighted by Crippen LogP contribution is -2.46. The van der Waals surface area contributed by atoms with E-state index in [4.69, 9.17) is 4.74 Å². The Morgan fingerprint density at radius 2 is 1.66 bits per heavy atom. The highest BCUT2D eigenvalue weighted by Crippen LogP contribution is 2.45. The number of fused-ring (bicyclic) bond motifs is 1. The molecule has 1 fully saturated rings. The first-order valence-electron chi connectivity index (χ1n) is 11.5. The van der Waals surface area contributed by atoms with Crippen molar-refractivity contribution >= 4 is 23.5 Å². The Bertz CT molecular complexity index is 1370. The third-order valence-electron chi connectivity index (χ3n) is 7.32. The van der Waals surface area contributed by atoms with E-state index in [1.54, 1.807) is 24.1 Å². The zero-order valence-corrected chi connectivity index (χ0v) is 19.9. The molecule has 3 aromatic carbocycles. The van der Waals surface area contributed by atoms with Gasteiger partial charge in [0.2, 0.25) is 0 Å². The van der Waals surface area contributed by atoms with Crippen molar-refractivity contribution in [3.8, 4) is 16.9 Å². The number of ether oxygens (including phenoxy) is 1. The average molecular weight is 471 g/mol. The number of carboxylic acids is 1. The fourth-order valence-corrected chi connectivity index (χ4v) is 5.45. The fraction of sp³-hybridized carbons (Fsp3) is 0.250. The Hall–Kier alpha value is -3.97. The van der Waals surface area contributed by atoms with Gasteiger partial charge < -0.3 is 9.84 Å². The normalized spacial score (nSPS) is 19.8. The van der Waals surface area contributed by atoms with Crippen molar-refractivity contribution < 1.29 is 24.2 Å². The Morgan fingerprint density at radius 3 is 2.26 bits per heavy atom. The third-order valence-corrected chi connectivity index (χ3v) is 7.32. The van der Waals surface area contributed by atoms with Gasteiger partial charge in [0.05, 0.1) is 23.9 Å². The number of benzene rings is 3. The molecule has 0 radical (unpaired) electrons. The SMILES string of the molecule is COc1cc2c(cc1[C@@]1(C(=O)O)CCCN1C)C(=O)N(c1cccc(-c3ccccc3)c1C)C2=O. The summed E-state index contributed by atoms with van der Waals surface area (Å²) in [4.78, 5) is 42.6. The van der Waals surface area contributed by atoms with Crippen LogP contribution in [-0.4, -0.2) is 48.5 Å². The highest BCUT2D eigenvalue weighted by Gasteiger charge is 2.51. The zero-order valence-electron chi connectivity index (χ0n) is 19.9. The second-order valence-corrected chi connectivity index (χ2v) is 9.05. The number of nitrogens with zero attached hydrogens (tertiary/aromatic N) is 2. The van der Waals surface area contributed by atoms with Gasteiger partial charge >= 0.3 is 5.97 Å². The van der Waals surface area contributed by atoms with Gasteiger partial charge in [0.25, 0.3) is 11.8 Å². The number of imide groups is 1. The van der Waals surface area contributed by atoms with E-state index >= 15 is 0 Å². The Kier molecular flexibility index (Phi) is 5.44. The number of methoxy groups -OCH3 is 1. The van der Waals surface area contributed by atoms with Gasteiger partial charge in [-0.1, -0.05) is 42.5 Å². The maximum Gasteiger partial charge on any atom is 0.328 e. The lowest BCUT2D eigenvalue weighted by Gasteiger charge is -2.33. The van der Waals surface area contributed by atoms with E-state index in [1.165, 1.54) is 18.1 Å². The van der Waals surface area contributed by atoms with Crippen LogP contribution in [0.1, 0.15) is 44.7 Å². The molecule has 5 rings (SSSR count). The highest BCUT2D eigenvalue weighted by molar-refractivity contribution is 6.35. The molecular formula is C28H26N2O5. The van der Waals surface area contributed by atoms with Crippen molar-refractivity contribution in [2.45, 2.75) is 25.3 Å². The van der Waals surface area contributed by atoms with Gasteiger partial charge in [0, 0.05) is 5.56 Å². The second kappa shape index (κ2) is 8.36. The lowest BCUT2D eigenvalue weighted by atomic mass is 9.85. The first-order valence-corrected chi connectivity index (χ1v) is 11.5. The summed E-state index contributed by atoms with van der Waals surface area (Å²) < 4.78 is 5.56.